The number of methoxy groups -OCH3 is 2. The molecule has 2 amide bonds. The Balaban J connectivity index is 1.55. The van der Waals surface area contributed by atoms with E-state index in [1.807, 2.05) is 44.2 Å². The van der Waals surface area contributed by atoms with E-state index in [-0.39, 0.29) is 18.4 Å². The third kappa shape index (κ3) is 5.30. The van der Waals surface area contributed by atoms with Crippen LogP contribution in [0.15, 0.2) is 79.1 Å². The molecule has 0 radical (unpaired) electrons. The molecule has 0 spiro atoms. The standard InChI is InChI=1S/C33H31Cl2N3O4/c1-5-37(19-21-7-6-14-36-18-21)31(39)22-9-12-28(35)26(15-22)33(2)27-16-24(34)10-13-29(27)38(32(33)40)20-23-8-11-25(41-3)17-30(23)42-4/h6-18H,5,19-20H2,1-4H3/t33-/m1/s1. The maximum absolute atomic E-state index is 14.4. The number of pyridine rings is 1. The van der Waals surface area contributed by atoms with Gasteiger partial charge in [0.15, 0.2) is 0 Å². The van der Waals surface area contributed by atoms with Gasteiger partial charge in [-0.3, -0.25) is 14.6 Å². The van der Waals surface area contributed by atoms with E-state index in [0.717, 1.165) is 11.1 Å². The van der Waals surface area contributed by atoms with E-state index in [1.165, 1.54) is 0 Å². The van der Waals surface area contributed by atoms with Crippen molar-refractivity contribution in [1.82, 2.24) is 9.88 Å². The third-order valence-electron chi connectivity index (χ3n) is 7.80. The van der Waals surface area contributed by atoms with Crippen LogP contribution in [0.2, 0.25) is 10.0 Å². The summed E-state index contributed by atoms with van der Waals surface area (Å²) in [5.41, 5.74) is 2.92. The van der Waals surface area contributed by atoms with Gasteiger partial charge in [0.2, 0.25) is 5.91 Å². The zero-order chi connectivity index (χ0) is 30.0. The van der Waals surface area contributed by atoms with E-state index < -0.39 is 5.41 Å². The molecule has 0 fully saturated rings. The predicted molar refractivity (Wildman–Crippen MR) is 165 cm³/mol. The van der Waals surface area contributed by atoms with Crippen LogP contribution >= 0.6 is 23.2 Å². The number of fused-ring (bicyclic) bond motifs is 1. The number of ether oxygens (including phenoxy) is 2. The van der Waals surface area contributed by atoms with Crippen molar-refractivity contribution in [1.29, 1.82) is 0 Å². The van der Waals surface area contributed by atoms with Gasteiger partial charge < -0.3 is 19.3 Å². The number of hydrogen-bond donors (Lipinski definition) is 0. The molecule has 1 aliphatic heterocycles. The van der Waals surface area contributed by atoms with E-state index in [0.29, 0.717) is 57.0 Å². The zero-order valence-corrected chi connectivity index (χ0v) is 25.4. The second kappa shape index (κ2) is 12.0. The third-order valence-corrected chi connectivity index (χ3v) is 8.37. The molecule has 0 unspecified atom stereocenters. The van der Waals surface area contributed by atoms with Crippen LogP contribution in [-0.4, -0.2) is 42.5 Å². The minimum absolute atomic E-state index is 0.167. The molecule has 0 bridgehead atoms. The van der Waals surface area contributed by atoms with E-state index in [1.54, 1.807) is 72.8 Å². The Hall–Kier alpha value is -4.07. The number of aromatic nitrogens is 1. The minimum Gasteiger partial charge on any atom is -0.497 e. The lowest BCUT2D eigenvalue weighted by Crippen LogP contribution is -2.39. The monoisotopic (exact) mass is 603 g/mol. The maximum Gasteiger partial charge on any atom is 0.254 e. The topological polar surface area (TPSA) is 72.0 Å². The van der Waals surface area contributed by atoms with Crippen LogP contribution < -0.4 is 14.4 Å². The lowest BCUT2D eigenvalue weighted by atomic mass is 9.76. The number of halogens is 2. The number of rotatable bonds is 9. The summed E-state index contributed by atoms with van der Waals surface area (Å²) >= 11 is 13.3. The first kappa shape index (κ1) is 29.4. The Bertz CT molecular complexity index is 1650. The molecule has 216 valence electrons. The summed E-state index contributed by atoms with van der Waals surface area (Å²) in [5.74, 6) is 0.898. The van der Waals surface area contributed by atoms with Gasteiger partial charge in [0.1, 0.15) is 16.9 Å². The molecule has 2 heterocycles. The Kier molecular flexibility index (Phi) is 8.43. The van der Waals surface area contributed by atoms with Gasteiger partial charge >= 0.3 is 0 Å². The number of carbonyl (C=O) groups excluding carboxylic acids is 2. The van der Waals surface area contributed by atoms with Gasteiger partial charge in [-0.2, -0.15) is 0 Å². The number of benzene rings is 3. The minimum atomic E-state index is -1.20. The summed E-state index contributed by atoms with van der Waals surface area (Å²) in [6, 6.07) is 19.8. The van der Waals surface area contributed by atoms with Crippen molar-refractivity contribution in [2.75, 3.05) is 25.7 Å². The Morgan fingerprint density at radius 3 is 2.50 bits per heavy atom. The lowest BCUT2D eigenvalue weighted by Gasteiger charge is -2.28. The maximum atomic E-state index is 14.4. The smallest absolute Gasteiger partial charge is 0.254 e. The van der Waals surface area contributed by atoms with Crippen molar-refractivity contribution in [2.45, 2.75) is 32.4 Å². The zero-order valence-electron chi connectivity index (χ0n) is 23.9. The molecule has 0 saturated carbocycles. The molecule has 1 atom stereocenters. The summed E-state index contributed by atoms with van der Waals surface area (Å²) in [4.78, 5) is 35.7. The van der Waals surface area contributed by atoms with Crippen LogP contribution in [0.5, 0.6) is 11.5 Å². The lowest BCUT2D eigenvalue weighted by molar-refractivity contribution is -0.121. The van der Waals surface area contributed by atoms with Crippen LogP contribution in [-0.2, 0) is 23.3 Å². The highest BCUT2D eigenvalue weighted by Gasteiger charge is 2.50. The second-order valence-electron chi connectivity index (χ2n) is 10.2. The Morgan fingerprint density at radius 1 is 1.00 bits per heavy atom. The molecular weight excluding hydrogens is 573 g/mol. The van der Waals surface area contributed by atoms with Crippen molar-refractivity contribution >= 4 is 40.7 Å². The molecule has 7 nitrogen and oxygen atoms in total. The first-order valence-corrected chi connectivity index (χ1v) is 14.3. The van der Waals surface area contributed by atoms with Gasteiger partial charge in [-0.1, -0.05) is 29.3 Å². The van der Waals surface area contributed by atoms with Crippen LogP contribution in [0, 0.1) is 0 Å². The van der Waals surface area contributed by atoms with Crippen LogP contribution in [0.25, 0.3) is 0 Å². The molecule has 42 heavy (non-hydrogen) atoms. The van der Waals surface area contributed by atoms with E-state index in [2.05, 4.69) is 4.98 Å². The van der Waals surface area contributed by atoms with Crippen molar-refractivity contribution in [3.05, 3.63) is 117 Å². The van der Waals surface area contributed by atoms with E-state index >= 15 is 0 Å². The number of carbonyl (C=O) groups is 2. The van der Waals surface area contributed by atoms with Gasteiger partial charge in [0.25, 0.3) is 5.91 Å². The van der Waals surface area contributed by atoms with Crippen molar-refractivity contribution < 1.29 is 19.1 Å². The number of amides is 2. The fourth-order valence-corrected chi connectivity index (χ4v) is 5.95. The first-order chi connectivity index (χ1) is 20.2. The summed E-state index contributed by atoms with van der Waals surface area (Å²) in [5, 5.41) is 0.876. The molecule has 0 saturated heterocycles. The summed E-state index contributed by atoms with van der Waals surface area (Å²) < 4.78 is 10.9. The van der Waals surface area contributed by atoms with Crippen molar-refractivity contribution in [3.63, 3.8) is 0 Å². The number of anilines is 1. The largest absolute Gasteiger partial charge is 0.497 e. The first-order valence-electron chi connectivity index (χ1n) is 13.5. The Morgan fingerprint density at radius 2 is 1.81 bits per heavy atom. The van der Waals surface area contributed by atoms with Crippen LogP contribution in [0.4, 0.5) is 5.69 Å². The van der Waals surface area contributed by atoms with Gasteiger partial charge in [0.05, 0.1) is 20.8 Å². The van der Waals surface area contributed by atoms with Gasteiger partial charge in [-0.25, -0.2) is 0 Å². The van der Waals surface area contributed by atoms with Crippen molar-refractivity contribution in [3.8, 4) is 11.5 Å². The second-order valence-corrected chi connectivity index (χ2v) is 11.1. The number of nitrogens with zero attached hydrogens (tertiary/aromatic N) is 3. The fraction of sp³-hybridized carbons (Fsp3) is 0.242. The van der Waals surface area contributed by atoms with Gasteiger partial charge in [0, 0.05) is 58.4 Å². The average molecular weight is 605 g/mol. The highest BCUT2D eigenvalue weighted by Crippen LogP contribution is 2.49. The average Bonchev–Trinajstić information content (AvgIpc) is 3.22. The fourth-order valence-electron chi connectivity index (χ4n) is 5.47. The van der Waals surface area contributed by atoms with Crippen molar-refractivity contribution in [2.24, 2.45) is 0 Å². The number of hydrogen-bond acceptors (Lipinski definition) is 5. The molecule has 1 aliphatic rings. The molecular formula is C33H31Cl2N3O4. The quantitative estimate of drug-likeness (QED) is 0.208. The Labute approximate surface area is 255 Å². The molecule has 0 aliphatic carbocycles. The molecule has 1 aromatic heterocycles. The molecule has 9 heteroatoms. The molecule has 5 rings (SSSR count). The van der Waals surface area contributed by atoms with Gasteiger partial charge in [-0.15, -0.1) is 0 Å². The summed E-state index contributed by atoms with van der Waals surface area (Å²) in [6.07, 6.45) is 3.44. The molecule has 3 aromatic carbocycles. The summed E-state index contributed by atoms with van der Waals surface area (Å²) in [6.45, 7) is 4.92. The molecule has 4 aromatic rings. The summed E-state index contributed by atoms with van der Waals surface area (Å²) in [7, 11) is 3.17. The predicted octanol–water partition coefficient (Wildman–Crippen LogP) is 6.92. The van der Waals surface area contributed by atoms with Gasteiger partial charge in [-0.05, 0) is 85.1 Å². The molecule has 0 N–H and O–H groups in total. The van der Waals surface area contributed by atoms with Crippen LogP contribution in [0.3, 0.4) is 0 Å². The van der Waals surface area contributed by atoms with Crippen LogP contribution in [0.1, 0.15) is 46.5 Å². The van der Waals surface area contributed by atoms with E-state index in [9.17, 15) is 9.59 Å². The SMILES string of the molecule is CCN(Cc1cccnc1)C(=O)c1ccc(Cl)c([C@@]2(C)C(=O)N(Cc3ccc(OC)cc3OC)c3ccc(Cl)cc32)c1. The van der Waals surface area contributed by atoms with E-state index in [4.69, 9.17) is 32.7 Å². The highest BCUT2D eigenvalue weighted by molar-refractivity contribution is 6.33. The normalized spacial score (nSPS) is 15.9. The highest BCUT2D eigenvalue weighted by atomic mass is 35.5.